The zero-order chi connectivity index (χ0) is 28.1. The molecule has 3 rings (SSSR count). The first-order valence-electron chi connectivity index (χ1n) is 12.3. The SMILES string of the molecule is CCCOC(=O)c1c(NC(=O)c2ccc(COc3cc(C)c(Cl)cc3C(C)C)o2)sc(C(=O)N(C)C)c1C. The minimum atomic E-state index is -0.596. The predicted octanol–water partition coefficient (Wildman–Crippen LogP) is 6.83. The van der Waals surface area contributed by atoms with Crippen LogP contribution < -0.4 is 10.1 Å². The second-order valence-electron chi connectivity index (χ2n) is 9.40. The molecule has 2 aromatic heterocycles. The Balaban J connectivity index is 1.80. The van der Waals surface area contributed by atoms with E-state index in [0.717, 1.165) is 22.5 Å². The molecule has 0 spiro atoms. The molecule has 10 heteroatoms. The van der Waals surface area contributed by atoms with E-state index in [0.29, 0.717) is 33.4 Å². The van der Waals surface area contributed by atoms with Crippen LogP contribution in [-0.2, 0) is 11.3 Å². The first-order valence-corrected chi connectivity index (χ1v) is 13.5. The van der Waals surface area contributed by atoms with Crippen LogP contribution in [0.4, 0.5) is 5.00 Å². The average molecular weight is 561 g/mol. The fraction of sp³-hybridized carbons (Fsp3) is 0.393. The van der Waals surface area contributed by atoms with Gasteiger partial charge in [-0.3, -0.25) is 9.59 Å². The fourth-order valence-corrected chi connectivity index (χ4v) is 5.04. The number of hydrogen-bond donors (Lipinski definition) is 1. The fourth-order valence-electron chi connectivity index (χ4n) is 3.66. The van der Waals surface area contributed by atoms with Crippen molar-refractivity contribution in [2.45, 2.75) is 53.6 Å². The second-order valence-corrected chi connectivity index (χ2v) is 10.8. The van der Waals surface area contributed by atoms with Crippen LogP contribution >= 0.6 is 22.9 Å². The Kier molecular flexibility index (Phi) is 9.62. The summed E-state index contributed by atoms with van der Waals surface area (Å²) in [5.74, 6) is -0.0274. The van der Waals surface area contributed by atoms with Crippen LogP contribution in [0.15, 0.2) is 28.7 Å². The normalized spacial score (nSPS) is 11.0. The van der Waals surface area contributed by atoms with E-state index < -0.39 is 11.9 Å². The quantitative estimate of drug-likeness (QED) is 0.273. The van der Waals surface area contributed by atoms with Crippen molar-refractivity contribution < 1.29 is 28.3 Å². The summed E-state index contributed by atoms with van der Waals surface area (Å²) in [5, 5.41) is 3.63. The number of rotatable bonds is 10. The van der Waals surface area contributed by atoms with Crippen LogP contribution in [0.25, 0.3) is 0 Å². The number of halogens is 1. The minimum Gasteiger partial charge on any atom is -0.485 e. The number of hydrogen-bond acceptors (Lipinski definition) is 7. The summed E-state index contributed by atoms with van der Waals surface area (Å²) >= 11 is 7.31. The van der Waals surface area contributed by atoms with E-state index in [9.17, 15) is 14.4 Å². The zero-order valence-electron chi connectivity index (χ0n) is 22.7. The number of thiophene rings is 1. The first kappa shape index (κ1) is 29.3. The number of aryl methyl sites for hydroxylation is 1. The smallest absolute Gasteiger partial charge is 0.341 e. The molecule has 0 saturated heterocycles. The Bertz CT molecular complexity index is 1340. The van der Waals surface area contributed by atoms with E-state index in [-0.39, 0.29) is 41.4 Å². The van der Waals surface area contributed by atoms with Gasteiger partial charge in [0.25, 0.3) is 11.8 Å². The molecule has 0 aliphatic heterocycles. The monoisotopic (exact) mass is 560 g/mol. The number of carbonyl (C=O) groups is 3. The summed E-state index contributed by atoms with van der Waals surface area (Å²) in [6.07, 6.45) is 0.644. The molecular weight excluding hydrogens is 528 g/mol. The van der Waals surface area contributed by atoms with Gasteiger partial charge in [-0.25, -0.2) is 4.79 Å². The number of nitrogens with zero attached hydrogens (tertiary/aromatic N) is 1. The maximum absolute atomic E-state index is 13.0. The lowest BCUT2D eigenvalue weighted by Crippen LogP contribution is -2.21. The van der Waals surface area contributed by atoms with E-state index in [1.54, 1.807) is 27.1 Å². The summed E-state index contributed by atoms with van der Waals surface area (Å²) in [6.45, 7) is 9.91. The summed E-state index contributed by atoms with van der Waals surface area (Å²) in [7, 11) is 3.24. The lowest BCUT2D eigenvalue weighted by atomic mass is 10.0. The highest BCUT2D eigenvalue weighted by Crippen LogP contribution is 2.35. The Labute approximate surface area is 231 Å². The maximum atomic E-state index is 13.0. The highest BCUT2D eigenvalue weighted by molar-refractivity contribution is 7.18. The number of nitrogens with one attached hydrogen (secondary N) is 1. The van der Waals surface area contributed by atoms with Crippen LogP contribution in [0.2, 0.25) is 5.02 Å². The third-order valence-electron chi connectivity index (χ3n) is 5.78. The van der Waals surface area contributed by atoms with Crippen molar-refractivity contribution in [1.82, 2.24) is 4.90 Å². The Hall–Kier alpha value is -3.30. The largest absolute Gasteiger partial charge is 0.485 e. The summed E-state index contributed by atoms with van der Waals surface area (Å²) in [4.78, 5) is 40.2. The Morgan fingerprint density at radius 2 is 1.87 bits per heavy atom. The molecule has 2 heterocycles. The number of esters is 1. The standard InChI is InChI=1S/C28H33ClN2O6S/c1-8-11-35-28(34)23-17(5)24(27(33)31(6)7)38-26(23)30-25(32)21-10-9-18(37-21)14-36-22-12-16(4)20(29)13-19(22)15(2)3/h9-10,12-13,15H,8,11,14H2,1-7H3,(H,30,32). The van der Waals surface area contributed by atoms with Gasteiger partial charge in [-0.15, -0.1) is 11.3 Å². The van der Waals surface area contributed by atoms with Gasteiger partial charge in [0, 0.05) is 19.1 Å². The van der Waals surface area contributed by atoms with Crippen molar-refractivity contribution in [3.05, 3.63) is 67.9 Å². The highest BCUT2D eigenvalue weighted by atomic mass is 35.5. The molecule has 0 fully saturated rings. The molecule has 0 radical (unpaired) electrons. The minimum absolute atomic E-state index is 0.0411. The first-order chi connectivity index (χ1) is 17.9. The number of carbonyl (C=O) groups excluding carboxylic acids is 3. The molecule has 1 aromatic carbocycles. The van der Waals surface area contributed by atoms with Gasteiger partial charge in [0.1, 0.15) is 23.1 Å². The molecule has 0 saturated carbocycles. The van der Waals surface area contributed by atoms with Crippen molar-refractivity contribution in [3.63, 3.8) is 0 Å². The third-order valence-corrected chi connectivity index (χ3v) is 7.39. The van der Waals surface area contributed by atoms with Crippen LogP contribution in [-0.4, -0.2) is 43.4 Å². The molecule has 0 unspecified atom stereocenters. The Morgan fingerprint density at radius 3 is 2.50 bits per heavy atom. The molecular formula is C28H33ClN2O6S. The van der Waals surface area contributed by atoms with E-state index in [4.69, 9.17) is 25.5 Å². The van der Waals surface area contributed by atoms with Crippen molar-refractivity contribution in [1.29, 1.82) is 0 Å². The lowest BCUT2D eigenvalue weighted by Gasteiger charge is -2.15. The maximum Gasteiger partial charge on any atom is 0.341 e. The number of furan rings is 1. The van der Waals surface area contributed by atoms with Crippen LogP contribution in [0.1, 0.15) is 86.1 Å². The van der Waals surface area contributed by atoms with Gasteiger partial charge >= 0.3 is 5.97 Å². The number of amides is 2. The van der Waals surface area contributed by atoms with Gasteiger partial charge in [-0.2, -0.15) is 0 Å². The molecule has 8 nitrogen and oxygen atoms in total. The van der Waals surface area contributed by atoms with Crippen molar-refractivity contribution >= 4 is 45.7 Å². The molecule has 0 aliphatic rings. The summed E-state index contributed by atoms with van der Waals surface area (Å²) in [5.41, 5.74) is 2.50. The van der Waals surface area contributed by atoms with Crippen molar-refractivity contribution in [2.75, 3.05) is 26.0 Å². The third kappa shape index (κ3) is 6.57. The Morgan fingerprint density at radius 1 is 1.16 bits per heavy atom. The number of anilines is 1. The average Bonchev–Trinajstić information content (AvgIpc) is 3.46. The van der Waals surface area contributed by atoms with Gasteiger partial charge in [-0.05, 0) is 67.1 Å². The molecule has 204 valence electrons. The van der Waals surface area contributed by atoms with Gasteiger partial charge in [-0.1, -0.05) is 32.4 Å². The number of benzene rings is 1. The second kappa shape index (κ2) is 12.5. The topological polar surface area (TPSA) is 98.1 Å². The van der Waals surface area contributed by atoms with Gasteiger partial charge in [0.05, 0.1) is 17.0 Å². The molecule has 2 amide bonds. The van der Waals surface area contributed by atoms with E-state index in [2.05, 4.69) is 19.2 Å². The lowest BCUT2D eigenvalue weighted by molar-refractivity contribution is 0.0506. The van der Waals surface area contributed by atoms with Crippen LogP contribution in [0.3, 0.4) is 0 Å². The van der Waals surface area contributed by atoms with Crippen molar-refractivity contribution in [2.24, 2.45) is 0 Å². The van der Waals surface area contributed by atoms with Gasteiger partial charge in [0.15, 0.2) is 5.76 Å². The van der Waals surface area contributed by atoms with Crippen LogP contribution in [0.5, 0.6) is 5.75 Å². The number of ether oxygens (including phenoxy) is 2. The molecule has 0 aliphatic carbocycles. The van der Waals surface area contributed by atoms with Crippen molar-refractivity contribution in [3.8, 4) is 5.75 Å². The predicted molar refractivity (Wildman–Crippen MR) is 149 cm³/mol. The van der Waals surface area contributed by atoms with E-state index in [1.807, 2.05) is 26.0 Å². The zero-order valence-corrected chi connectivity index (χ0v) is 24.3. The summed E-state index contributed by atoms with van der Waals surface area (Å²) < 4.78 is 17.0. The molecule has 0 bridgehead atoms. The molecule has 38 heavy (non-hydrogen) atoms. The van der Waals surface area contributed by atoms with Crippen LogP contribution in [0, 0.1) is 13.8 Å². The van der Waals surface area contributed by atoms with Gasteiger partial charge < -0.3 is 24.1 Å². The highest BCUT2D eigenvalue weighted by Gasteiger charge is 2.28. The molecule has 1 N–H and O–H groups in total. The van der Waals surface area contributed by atoms with E-state index in [1.165, 1.54) is 11.0 Å². The summed E-state index contributed by atoms with van der Waals surface area (Å²) in [6, 6.07) is 6.98. The van der Waals surface area contributed by atoms with E-state index >= 15 is 0 Å². The van der Waals surface area contributed by atoms with Gasteiger partial charge in [0.2, 0.25) is 0 Å². The molecule has 0 atom stereocenters. The molecule has 3 aromatic rings.